The topological polar surface area (TPSA) is 61.8 Å². The van der Waals surface area contributed by atoms with Crippen molar-refractivity contribution in [1.82, 2.24) is 10.2 Å². The Morgan fingerprint density at radius 1 is 1.44 bits per heavy atom. The molecule has 0 radical (unpaired) electrons. The van der Waals surface area contributed by atoms with Gasteiger partial charge in [0.05, 0.1) is 12.0 Å². The van der Waals surface area contributed by atoms with Gasteiger partial charge < -0.3 is 20.1 Å². The molecule has 142 valence electrons. The van der Waals surface area contributed by atoms with Crippen molar-refractivity contribution in [3.63, 3.8) is 0 Å². The Labute approximate surface area is 151 Å². The summed E-state index contributed by atoms with van der Waals surface area (Å²) in [4.78, 5) is 14.6. The number of carbonyl (C=O) groups is 1. The molecule has 0 spiro atoms. The van der Waals surface area contributed by atoms with Crippen LogP contribution in [0.25, 0.3) is 0 Å². The van der Waals surface area contributed by atoms with Crippen molar-refractivity contribution in [3.05, 3.63) is 11.6 Å². The summed E-state index contributed by atoms with van der Waals surface area (Å²) in [5.74, 6) is -0.0130. The molecule has 2 fully saturated rings. The third-order valence-electron chi connectivity index (χ3n) is 6.89. The first-order valence-corrected chi connectivity index (χ1v) is 9.79. The zero-order valence-electron chi connectivity index (χ0n) is 16.1. The lowest BCUT2D eigenvalue weighted by Gasteiger charge is -2.51. The molecule has 5 nitrogen and oxygen atoms in total. The second-order valence-electron chi connectivity index (χ2n) is 8.66. The second-order valence-corrected chi connectivity index (χ2v) is 8.66. The number of nitrogens with zero attached hydrogens (tertiary/aromatic N) is 1. The standard InChI is InChI=1S/C20H34N2O3/c1-13-7-5-8-14-11-16-17(18(23)20(13,14)2)15(19(24)25-16)12-21-9-6-10-22(3)4/h8,13,15-18,21,23H,5-7,9-12H2,1-4H3/t13-,15+,16-,17-,18+,20-/m1/s1. The van der Waals surface area contributed by atoms with E-state index in [2.05, 4.69) is 44.2 Å². The summed E-state index contributed by atoms with van der Waals surface area (Å²) in [5, 5.41) is 14.7. The molecule has 0 bridgehead atoms. The minimum Gasteiger partial charge on any atom is -0.461 e. The summed E-state index contributed by atoms with van der Waals surface area (Å²) in [6.45, 7) is 6.94. The molecule has 25 heavy (non-hydrogen) atoms. The van der Waals surface area contributed by atoms with Crippen molar-refractivity contribution in [2.75, 3.05) is 33.7 Å². The Morgan fingerprint density at radius 3 is 2.92 bits per heavy atom. The van der Waals surface area contributed by atoms with Crippen LogP contribution < -0.4 is 5.32 Å². The smallest absolute Gasteiger partial charge is 0.311 e. The van der Waals surface area contributed by atoms with Crippen LogP contribution in [-0.2, 0) is 9.53 Å². The molecule has 2 N–H and O–H groups in total. The first kappa shape index (κ1) is 18.9. The van der Waals surface area contributed by atoms with Crippen molar-refractivity contribution < 1.29 is 14.6 Å². The molecule has 0 aromatic carbocycles. The fourth-order valence-electron chi connectivity index (χ4n) is 5.07. The number of carbonyl (C=O) groups excluding carboxylic acids is 1. The van der Waals surface area contributed by atoms with Gasteiger partial charge in [0.15, 0.2) is 0 Å². The lowest BCUT2D eigenvalue weighted by Crippen LogP contribution is -2.54. The van der Waals surface area contributed by atoms with Crippen molar-refractivity contribution in [3.8, 4) is 0 Å². The van der Waals surface area contributed by atoms with E-state index in [-0.39, 0.29) is 29.3 Å². The lowest BCUT2D eigenvalue weighted by atomic mass is 9.55. The molecule has 0 unspecified atom stereocenters. The number of aliphatic hydroxyl groups is 1. The fraction of sp³-hybridized carbons (Fsp3) is 0.850. The van der Waals surface area contributed by atoms with Gasteiger partial charge in [-0.05, 0) is 52.4 Å². The van der Waals surface area contributed by atoms with Crippen molar-refractivity contribution in [1.29, 1.82) is 0 Å². The van der Waals surface area contributed by atoms with Crippen molar-refractivity contribution >= 4 is 5.97 Å². The van der Waals surface area contributed by atoms with Crippen LogP contribution in [0.5, 0.6) is 0 Å². The maximum absolute atomic E-state index is 12.4. The molecular weight excluding hydrogens is 316 g/mol. The quantitative estimate of drug-likeness (QED) is 0.435. The van der Waals surface area contributed by atoms with Crippen LogP contribution in [0, 0.1) is 23.2 Å². The normalized spacial score (nSPS) is 40.5. The summed E-state index contributed by atoms with van der Waals surface area (Å²) in [7, 11) is 4.13. The van der Waals surface area contributed by atoms with Crippen LogP contribution >= 0.6 is 0 Å². The minimum absolute atomic E-state index is 0.0865. The van der Waals surface area contributed by atoms with E-state index in [1.54, 1.807) is 0 Å². The van der Waals surface area contributed by atoms with Crippen LogP contribution in [0.15, 0.2) is 11.6 Å². The highest BCUT2D eigenvalue weighted by Crippen LogP contribution is 2.55. The predicted octanol–water partition coefficient (Wildman–Crippen LogP) is 1.81. The second kappa shape index (κ2) is 7.37. The summed E-state index contributed by atoms with van der Waals surface area (Å²) in [5.41, 5.74) is 1.09. The first-order valence-electron chi connectivity index (χ1n) is 9.79. The predicted molar refractivity (Wildman–Crippen MR) is 98.1 cm³/mol. The minimum atomic E-state index is -0.507. The summed E-state index contributed by atoms with van der Waals surface area (Å²) < 4.78 is 5.68. The molecule has 2 aliphatic carbocycles. The number of ether oxygens (including phenoxy) is 1. The average Bonchev–Trinajstić information content (AvgIpc) is 2.86. The summed E-state index contributed by atoms with van der Waals surface area (Å²) in [6, 6.07) is 0. The SMILES string of the molecule is C[C@@H]1CCC=C2C[C@H]3OC(=O)[C@@H](CNCCCN(C)C)[C@H]3[C@H](O)[C@@]21C. The van der Waals surface area contributed by atoms with Gasteiger partial charge in [-0.1, -0.05) is 25.5 Å². The van der Waals surface area contributed by atoms with Gasteiger partial charge in [0.1, 0.15) is 6.10 Å². The molecule has 0 aromatic rings. The van der Waals surface area contributed by atoms with E-state index in [1.165, 1.54) is 5.57 Å². The molecule has 5 heteroatoms. The van der Waals surface area contributed by atoms with Crippen LogP contribution in [0.3, 0.4) is 0 Å². The lowest BCUT2D eigenvalue weighted by molar-refractivity contribution is -0.144. The zero-order chi connectivity index (χ0) is 18.2. The van der Waals surface area contributed by atoms with E-state index in [4.69, 9.17) is 4.74 Å². The van der Waals surface area contributed by atoms with Crippen LogP contribution in [0.4, 0.5) is 0 Å². The Balaban J connectivity index is 1.68. The highest BCUT2D eigenvalue weighted by atomic mass is 16.6. The highest BCUT2D eigenvalue weighted by molar-refractivity contribution is 5.76. The average molecular weight is 351 g/mol. The van der Waals surface area contributed by atoms with E-state index in [9.17, 15) is 9.90 Å². The van der Waals surface area contributed by atoms with Crippen LogP contribution in [-0.4, -0.2) is 61.9 Å². The molecule has 0 aromatic heterocycles. The number of nitrogens with one attached hydrogen (secondary N) is 1. The first-order chi connectivity index (χ1) is 11.9. The molecular formula is C20H34N2O3. The Hall–Kier alpha value is -0.910. The number of allylic oxidation sites excluding steroid dienone is 1. The Bertz CT molecular complexity index is 533. The van der Waals surface area contributed by atoms with E-state index < -0.39 is 6.10 Å². The number of esters is 1. The molecule has 1 heterocycles. The van der Waals surface area contributed by atoms with Crippen molar-refractivity contribution in [2.24, 2.45) is 23.2 Å². The summed E-state index contributed by atoms with van der Waals surface area (Å²) >= 11 is 0. The van der Waals surface area contributed by atoms with Gasteiger partial charge >= 0.3 is 5.97 Å². The molecule has 3 rings (SSSR count). The molecule has 3 aliphatic rings. The maximum atomic E-state index is 12.4. The molecule has 1 aliphatic heterocycles. The number of hydrogen-bond donors (Lipinski definition) is 2. The maximum Gasteiger partial charge on any atom is 0.311 e. The van der Waals surface area contributed by atoms with Gasteiger partial charge in [-0.15, -0.1) is 0 Å². The van der Waals surface area contributed by atoms with E-state index in [0.29, 0.717) is 12.5 Å². The van der Waals surface area contributed by atoms with Gasteiger partial charge in [0.25, 0.3) is 0 Å². The number of fused-ring (bicyclic) bond motifs is 2. The Morgan fingerprint density at radius 2 is 2.20 bits per heavy atom. The monoisotopic (exact) mass is 350 g/mol. The van der Waals surface area contributed by atoms with Gasteiger partial charge in [-0.25, -0.2) is 0 Å². The molecule has 0 amide bonds. The summed E-state index contributed by atoms with van der Waals surface area (Å²) in [6.07, 6.45) is 5.64. The number of aliphatic hydroxyl groups excluding tert-OH is 1. The van der Waals surface area contributed by atoms with Gasteiger partial charge in [0.2, 0.25) is 0 Å². The van der Waals surface area contributed by atoms with Gasteiger partial charge in [0, 0.05) is 24.3 Å². The van der Waals surface area contributed by atoms with Crippen molar-refractivity contribution in [2.45, 2.75) is 51.7 Å². The Kier molecular flexibility index (Phi) is 5.57. The molecule has 1 saturated heterocycles. The third kappa shape index (κ3) is 3.38. The number of hydrogen-bond acceptors (Lipinski definition) is 5. The molecule has 1 saturated carbocycles. The van der Waals surface area contributed by atoms with E-state index >= 15 is 0 Å². The van der Waals surface area contributed by atoms with Crippen LogP contribution in [0.1, 0.15) is 39.5 Å². The van der Waals surface area contributed by atoms with Gasteiger partial charge in [-0.2, -0.15) is 0 Å². The van der Waals surface area contributed by atoms with E-state index in [0.717, 1.165) is 38.8 Å². The molecule has 6 atom stereocenters. The largest absolute Gasteiger partial charge is 0.461 e. The zero-order valence-corrected chi connectivity index (χ0v) is 16.1. The van der Waals surface area contributed by atoms with Gasteiger partial charge in [-0.3, -0.25) is 4.79 Å². The third-order valence-corrected chi connectivity index (χ3v) is 6.89. The van der Waals surface area contributed by atoms with Crippen LogP contribution in [0.2, 0.25) is 0 Å². The number of rotatable bonds is 6. The fourth-order valence-corrected chi connectivity index (χ4v) is 5.07. The van der Waals surface area contributed by atoms with E-state index in [1.807, 2.05) is 0 Å². The highest BCUT2D eigenvalue weighted by Gasteiger charge is 2.59.